The Balaban J connectivity index is 1.49. The molecule has 1 fully saturated rings. The number of hydrogen-bond donors (Lipinski definition) is 0. The smallest absolute Gasteiger partial charge is 0.253 e. The van der Waals surface area contributed by atoms with Crippen LogP contribution in [0.4, 0.5) is 5.82 Å². The summed E-state index contributed by atoms with van der Waals surface area (Å²) in [6.45, 7) is 9.86. The van der Waals surface area contributed by atoms with Gasteiger partial charge in [-0.15, -0.1) is 0 Å². The lowest BCUT2D eigenvalue weighted by Gasteiger charge is -2.34. The van der Waals surface area contributed by atoms with Gasteiger partial charge in [0.1, 0.15) is 5.82 Å². The topological polar surface area (TPSA) is 69.6 Å². The summed E-state index contributed by atoms with van der Waals surface area (Å²) < 4.78 is 0. The number of amides is 2. The Morgan fingerprint density at radius 3 is 2.25 bits per heavy atom. The molecular weight excluding hydrogens is 470 g/mol. The third-order valence-corrected chi connectivity index (χ3v) is 7.32. The first kappa shape index (κ1) is 25.7. The zero-order chi connectivity index (χ0) is 25.5. The van der Waals surface area contributed by atoms with E-state index < -0.39 is 0 Å². The van der Waals surface area contributed by atoms with Crippen molar-refractivity contribution in [2.75, 3.05) is 44.2 Å². The van der Waals surface area contributed by atoms with E-state index in [2.05, 4.69) is 36.9 Å². The number of rotatable bonds is 8. The zero-order valence-corrected chi connectivity index (χ0v) is 22.0. The maximum absolute atomic E-state index is 13.1. The van der Waals surface area contributed by atoms with Crippen molar-refractivity contribution in [2.45, 2.75) is 31.7 Å². The van der Waals surface area contributed by atoms with Gasteiger partial charge >= 0.3 is 0 Å². The molecule has 0 N–H and O–H groups in total. The normalized spacial score (nSPS) is 13.5. The molecule has 0 radical (unpaired) electrons. The van der Waals surface area contributed by atoms with Gasteiger partial charge in [0.05, 0.1) is 5.69 Å². The van der Waals surface area contributed by atoms with E-state index in [0.29, 0.717) is 37.5 Å². The Morgan fingerprint density at radius 2 is 1.58 bits per heavy atom. The monoisotopic (exact) mass is 503 g/mol. The van der Waals surface area contributed by atoms with Crippen LogP contribution in [0, 0.1) is 0 Å². The predicted octanol–water partition coefficient (Wildman–Crippen LogP) is 4.59. The van der Waals surface area contributed by atoms with Crippen molar-refractivity contribution in [3.8, 4) is 11.3 Å². The summed E-state index contributed by atoms with van der Waals surface area (Å²) in [6.07, 6.45) is 0. The fourth-order valence-corrected chi connectivity index (χ4v) is 5.09. The number of benzene rings is 2. The highest BCUT2D eigenvalue weighted by Gasteiger charge is 2.23. The molecule has 7 nitrogen and oxygen atoms in total. The number of hydrogen-bond acceptors (Lipinski definition) is 6. The number of carbonyl (C=O) groups is 2. The Morgan fingerprint density at radius 1 is 0.889 bits per heavy atom. The van der Waals surface area contributed by atoms with E-state index in [0.717, 1.165) is 40.9 Å². The number of carbonyl (C=O) groups excluding carboxylic acids is 2. The van der Waals surface area contributed by atoms with Gasteiger partial charge in [-0.05, 0) is 31.5 Å². The zero-order valence-electron chi connectivity index (χ0n) is 21.2. The summed E-state index contributed by atoms with van der Waals surface area (Å²) in [6, 6.07) is 20.0. The highest BCUT2D eigenvalue weighted by molar-refractivity contribution is 7.98. The first-order valence-electron chi connectivity index (χ1n) is 12.4. The molecule has 2 heterocycles. The molecule has 0 aliphatic carbocycles. The fourth-order valence-electron chi connectivity index (χ4n) is 4.29. The molecule has 36 heavy (non-hydrogen) atoms. The van der Waals surface area contributed by atoms with E-state index in [9.17, 15) is 9.59 Å². The Hall–Kier alpha value is -3.39. The Labute approximate surface area is 217 Å². The van der Waals surface area contributed by atoms with Crippen LogP contribution in [0.1, 0.15) is 36.7 Å². The van der Waals surface area contributed by atoms with Gasteiger partial charge in [0.15, 0.2) is 5.16 Å². The second-order valence-electron chi connectivity index (χ2n) is 8.72. The van der Waals surface area contributed by atoms with Crippen molar-refractivity contribution in [3.63, 3.8) is 0 Å². The van der Waals surface area contributed by atoms with Gasteiger partial charge in [-0.2, -0.15) is 0 Å². The molecule has 0 saturated carbocycles. The molecule has 1 aliphatic rings. The van der Waals surface area contributed by atoms with E-state index in [1.54, 1.807) is 23.6 Å². The van der Waals surface area contributed by atoms with E-state index in [1.165, 1.54) is 0 Å². The number of anilines is 1. The number of thioether (sulfide) groups is 1. The van der Waals surface area contributed by atoms with E-state index >= 15 is 0 Å². The summed E-state index contributed by atoms with van der Waals surface area (Å²) in [4.78, 5) is 40.2. The van der Waals surface area contributed by atoms with Crippen molar-refractivity contribution in [1.29, 1.82) is 0 Å². The van der Waals surface area contributed by atoms with E-state index in [4.69, 9.17) is 9.97 Å². The van der Waals surface area contributed by atoms with Crippen molar-refractivity contribution < 1.29 is 9.59 Å². The average Bonchev–Trinajstić information content (AvgIpc) is 2.93. The predicted molar refractivity (Wildman–Crippen MR) is 145 cm³/mol. The second-order valence-corrected chi connectivity index (χ2v) is 9.66. The number of aromatic nitrogens is 2. The van der Waals surface area contributed by atoms with Crippen molar-refractivity contribution >= 4 is 29.4 Å². The van der Waals surface area contributed by atoms with Crippen molar-refractivity contribution in [2.24, 2.45) is 0 Å². The Kier molecular flexibility index (Phi) is 8.59. The summed E-state index contributed by atoms with van der Waals surface area (Å²) in [5.74, 6) is 1.65. The van der Waals surface area contributed by atoms with Gasteiger partial charge in [0.2, 0.25) is 5.91 Å². The standard InChI is InChI=1S/C28H33N5O2S/c1-4-31(5-2)26-19-25(23-11-7-6-8-12-23)29-28(30-26)36-20-22-10-9-13-24(18-22)27(35)33-16-14-32(15-17-33)21(3)34/h6-13,18-19H,4-5,14-17,20H2,1-3H3. The van der Waals surface area contributed by atoms with Gasteiger partial charge in [-0.3, -0.25) is 9.59 Å². The second kappa shape index (κ2) is 12.0. The lowest BCUT2D eigenvalue weighted by Crippen LogP contribution is -2.50. The quantitative estimate of drug-likeness (QED) is 0.331. The molecule has 0 spiro atoms. The number of piperazine rings is 1. The van der Waals surface area contributed by atoms with Gasteiger partial charge in [0.25, 0.3) is 5.91 Å². The van der Waals surface area contributed by atoms with E-state index in [1.807, 2.05) is 47.4 Å². The van der Waals surface area contributed by atoms with Gasteiger partial charge in [-0.1, -0.05) is 54.2 Å². The molecule has 0 bridgehead atoms. The van der Waals surface area contributed by atoms with Crippen LogP contribution in [0.2, 0.25) is 0 Å². The largest absolute Gasteiger partial charge is 0.357 e. The van der Waals surface area contributed by atoms with Gasteiger partial charge < -0.3 is 14.7 Å². The van der Waals surface area contributed by atoms with Crippen LogP contribution in [-0.4, -0.2) is 70.9 Å². The minimum Gasteiger partial charge on any atom is -0.357 e. The maximum Gasteiger partial charge on any atom is 0.253 e. The minimum atomic E-state index is 0.0104. The maximum atomic E-state index is 13.1. The molecule has 1 aliphatic heterocycles. The summed E-state index contributed by atoms with van der Waals surface area (Å²) in [5.41, 5.74) is 3.69. The lowest BCUT2D eigenvalue weighted by atomic mass is 10.1. The highest BCUT2D eigenvalue weighted by Crippen LogP contribution is 2.27. The van der Waals surface area contributed by atoms with E-state index in [-0.39, 0.29) is 11.8 Å². The number of nitrogens with zero attached hydrogens (tertiary/aromatic N) is 5. The highest BCUT2D eigenvalue weighted by atomic mass is 32.2. The summed E-state index contributed by atoms with van der Waals surface area (Å²) in [5, 5.41) is 0.718. The molecule has 0 atom stereocenters. The first-order chi connectivity index (χ1) is 17.5. The molecule has 1 saturated heterocycles. The fraction of sp³-hybridized carbons (Fsp3) is 0.357. The molecule has 3 aromatic rings. The molecule has 0 unspecified atom stereocenters. The summed E-state index contributed by atoms with van der Waals surface area (Å²) in [7, 11) is 0. The minimum absolute atomic E-state index is 0.0104. The molecule has 1 aromatic heterocycles. The van der Waals surface area contributed by atoms with Gasteiger partial charge in [0, 0.05) is 69.1 Å². The lowest BCUT2D eigenvalue weighted by molar-refractivity contribution is -0.130. The third-order valence-electron chi connectivity index (χ3n) is 6.40. The van der Waals surface area contributed by atoms with Crippen LogP contribution in [0.25, 0.3) is 11.3 Å². The van der Waals surface area contributed by atoms with Crippen LogP contribution in [-0.2, 0) is 10.5 Å². The molecular formula is C28H33N5O2S. The molecule has 2 aromatic carbocycles. The Bertz CT molecular complexity index is 1190. The van der Waals surface area contributed by atoms with Crippen LogP contribution < -0.4 is 4.90 Å². The van der Waals surface area contributed by atoms with Crippen molar-refractivity contribution in [3.05, 3.63) is 71.8 Å². The SMILES string of the molecule is CCN(CC)c1cc(-c2ccccc2)nc(SCc2cccc(C(=O)N3CCN(C(C)=O)CC3)c2)n1. The van der Waals surface area contributed by atoms with Gasteiger partial charge in [-0.25, -0.2) is 9.97 Å². The molecule has 4 rings (SSSR count). The molecule has 188 valence electrons. The van der Waals surface area contributed by atoms with Crippen molar-refractivity contribution in [1.82, 2.24) is 19.8 Å². The van der Waals surface area contributed by atoms with Crippen LogP contribution >= 0.6 is 11.8 Å². The average molecular weight is 504 g/mol. The third kappa shape index (κ3) is 6.23. The van der Waals surface area contributed by atoms with Crippen LogP contribution in [0.5, 0.6) is 0 Å². The van der Waals surface area contributed by atoms with Crippen LogP contribution in [0.3, 0.4) is 0 Å². The molecule has 2 amide bonds. The molecule has 8 heteroatoms. The summed E-state index contributed by atoms with van der Waals surface area (Å²) >= 11 is 1.58. The first-order valence-corrected chi connectivity index (χ1v) is 13.4. The van der Waals surface area contributed by atoms with Crippen LogP contribution in [0.15, 0.2) is 65.8 Å².